The van der Waals surface area contributed by atoms with Gasteiger partial charge in [0.05, 0.1) is 17.6 Å². The van der Waals surface area contributed by atoms with Gasteiger partial charge in [-0.3, -0.25) is 14.5 Å². The highest BCUT2D eigenvalue weighted by Gasteiger charge is 2.47. The van der Waals surface area contributed by atoms with Crippen LogP contribution in [-0.4, -0.2) is 51.9 Å². The number of carbonyl (C=O) groups excluding carboxylic acids is 1. The van der Waals surface area contributed by atoms with Gasteiger partial charge in [-0.15, -0.1) is 0 Å². The molecule has 2 aromatic rings. The maximum Gasteiger partial charge on any atom is 0.289 e. The summed E-state index contributed by atoms with van der Waals surface area (Å²) in [6, 6.07) is 2.69. The SMILES string of the molecule is CCCCN1CCc2[nH]cnc2C12CCN(C(=O)c1cc(=O)cc(C)o1)CC2. The molecule has 0 radical (unpaired) electrons. The zero-order valence-electron chi connectivity index (χ0n) is 16.7. The fraction of sp³-hybridized carbons (Fsp3) is 0.571. The number of aryl methyl sites for hydroxylation is 1. The van der Waals surface area contributed by atoms with Crippen LogP contribution >= 0.6 is 0 Å². The van der Waals surface area contributed by atoms with E-state index in [1.807, 2.05) is 4.90 Å². The largest absolute Gasteiger partial charge is 0.456 e. The van der Waals surface area contributed by atoms with Gasteiger partial charge in [0.1, 0.15) is 5.76 Å². The van der Waals surface area contributed by atoms with E-state index in [2.05, 4.69) is 21.8 Å². The molecule has 0 bridgehead atoms. The number of aromatic nitrogens is 2. The van der Waals surface area contributed by atoms with Gasteiger partial charge in [-0.1, -0.05) is 13.3 Å². The summed E-state index contributed by atoms with van der Waals surface area (Å²) in [7, 11) is 0. The van der Waals surface area contributed by atoms with E-state index in [0.717, 1.165) is 44.5 Å². The predicted molar refractivity (Wildman–Crippen MR) is 105 cm³/mol. The molecule has 0 atom stereocenters. The van der Waals surface area contributed by atoms with E-state index in [9.17, 15) is 9.59 Å². The quantitative estimate of drug-likeness (QED) is 0.876. The molecule has 4 rings (SSSR count). The number of H-pyrrole nitrogens is 1. The van der Waals surface area contributed by atoms with Crippen LogP contribution in [0.5, 0.6) is 0 Å². The van der Waals surface area contributed by atoms with Crippen LogP contribution in [0.25, 0.3) is 0 Å². The van der Waals surface area contributed by atoms with Crippen molar-refractivity contribution in [1.82, 2.24) is 19.8 Å². The first-order valence-corrected chi connectivity index (χ1v) is 10.2. The van der Waals surface area contributed by atoms with Gasteiger partial charge in [0, 0.05) is 43.9 Å². The highest BCUT2D eigenvalue weighted by atomic mass is 16.3. The molecular weight excluding hydrogens is 356 g/mol. The number of rotatable bonds is 4. The number of nitrogens with zero attached hydrogens (tertiary/aromatic N) is 3. The zero-order valence-corrected chi connectivity index (χ0v) is 16.7. The van der Waals surface area contributed by atoms with E-state index in [1.54, 1.807) is 13.3 Å². The number of nitrogens with one attached hydrogen (secondary N) is 1. The molecule has 0 aliphatic carbocycles. The first-order valence-electron chi connectivity index (χ1n) is 10.2. The molecule has 7 heteroatoms. The molecule has 28 heavy (non-hydrogen) atoms. The number of piperidine rings is 1. The summed E-state index contributed by atoms with van der Waals surface area (Å²) in [6.45, 7) is 7.25. The Labute approximate surface area is 164 Å². The second-order valence-electron chi connectivity index (χ2n) is 7.91. The van der Waals surface area contributed by atoms with Crippen molar-refractivity contribution in [3.63, 3.8) is 0 Å². The third kappa shape index (κ3) is 3.28. The number of fused-ring (bicyclic) bond motifs is 2. The summed E-state index contributed by atoms with van der Waals surface area (Å²) < 4.78 is 5.51. The van der Waals surface area contributed by atoms with Gasteiger partial charge in [0.2, 0.25) is 0 Å². The number of amides is 1. The van der Waals surface area contributed by atoms with Gasteiger partial charge in [-0.2, -0.15) is 0 Å². The molecule has 2 aliphatic heterocycles. The minimum atomic E-state index is -0.200. The number of hydrogen-bond acceptors (Lipinski definition) is 5. The van der Waals surface area contributed by atoms with Crippen molar-refractivity contribution in [2.24, 2.45) is 0 Å². The lowest BCUT2D eigenvalue weighted by Gasteiger charge is -2.50. The van der Waals surface area contributed by atoms with Gasteiger partial charge < -0.3 is 14.3 Å². The average molecular weight is 384 g/mol. The second kappa shape index (κ2) is 7.54. The third-order valence-corrected chi connectivity index (χ3v) is 6.16. The molecule has 1 spiro atoms. The molecule has 150 valence electrons. The predicted octanol–water partition coefficient (Wildman–Crippen LogP) is 2.46. The molecule has 1 saturated heterocycles. The molecular formula is C21H28N4O3. The lowest BCUT2D eigenvalue weighted by atomic mass is 9.78. The molecule has 1 fully saturated rings. The van der Waals surface area contributed by atoms with Crippen molar-refractivity contribution in [1.29, 1.82) is 0 Å². The van der Waals surface area contributed by atoms with Crippen LogP contribution in [0.15, 0.2) is 27.7 Å². The van der Waals surface area contributed by atoms with Crippen LogP contribution in [-0.2, 0) is 12.0 Å². The van der Waals surface area contributed by atoms with E-state index in [-0.39, 0.29) is 22.6 Å². The Morgan fingerprint density at radius 2 is 2.07 bits per heavy atom. The van der Waals surface area contributed by atoms with Gasteiger partial charge in [0.25, 0.3) is 5.91 Å². The Kier molecular flexibility index (Phi) is 5.10. The van der Waals surface area contributed by atoms with E-state index in [1.165, 1.54) is 24.2 Å². The Hall–Kier alpha value is -2.41. The molecule has 2 aromatic heterocycles. The van der Waals surface area contributed by atoms with Crippen molar-refractivity contribution in [3.8, 4) is 0 Å². The normalized spacial score (nSPS) is 19.0. The Morgan fingerprint density at radius 3 is 2.79 bits per heavy atom. The van der Waals surface area contributed by atoms with Crippen molar-refractivity contribution in [2.75, 3.05) is 26.2 Å². The number of unbranched alkanes of at least 4 members (excludes halogenated alkanes) is 1. The van der Waals surface area contributed by atoms with Crippen LogP contribution in [0.2, 0.25) is 0 Å². The molecule has 1 amide bonds. The molecule has 0 aromatic carbocycles. The smallest absolute Gasteiger partial charge is 0.289 e. The molecule has 0 unspecified atom stereocenters. The zero-order chi connectivity index (χ0) is 19.7. The Bertz CT molecular complexity index is 908. The third-order valence-electron chi connectivity index (χ3n) is 6.16. The Morgan fingerprint density at radius 1 is 1.29 bits per heavy atom. The van der Waals surface area contributed by atoms with Gasteiger partial charge in [0.15, 0.2) is 11.2 Å². The molecule has 2 aliphatic rings. The van der Waals surface area contributed by atoms with Crippen LogP contribution in [0, 0.1) is 6.92 Å². The first-order chi connectivity index (χ1) is 13.5. The van der Waals surface area contributed by atoms with Gasteiger partial charge in [-0.05, 0) is 32.7 Å². The molecule has 0 saturated carbocycles. The fourth-order valence-electron chi connectivity index (χ4n) is 4.70. The minimum absolute atomic E-state index is 0.104. The summed E-state index contributed by atoms with van der Waals surface area (Å²) in [5.74, 6) is 0.394. The summed E-state index contributed by atoms with van der Waals surface area (Å²) in [4.78, 5) is 37.0. The fourth-order valence-corrected chi connectivity index (χ4v) is 4.70. The van der Waals surface area contributed by atoms with E-state index >= 15 is 0 Å². The number of hydrogen-bond donors (Lipinski definition) is 1. The number of carbonyl (C=O) groups is 1. The number of imidazole rings is 1. The van der Waals surface area contributed by atoms with Crippen LogP contribution in [0.3, 0.4) is 0 Å². The minimum Gasteiger partial charge on any atom is -0.456 e. The van der Waals surface area contributed by atoms with Gasteiger partial charge in [-0.25, -0.2) is 4.98 Å². The highest BCUT2D eigenvalue weighted by Crippen LogP contribution is 2.42. The summed E-state index contributed by atoms with van der Waals surface area (Å²) in [6.07, 6.45) is 6.81. The monoisotopic (exact) mass is 384 g/mol. The van der Waals surface area contributed by atoms with Crippen LogP contribution < -0.4 is 5.43 Å². The highest BCUT2D eigenvalue weighted by molar-refractivity contribution is 5.91. The number of aromatic amines is 1. The van der Waals surface area contributed by atoms with E-state index in [4.69, 9.17) is 4.42 Å². The standard InChI is InChI=1S/C21H28N4O3/c1-3-4-8-25-9-5-17-19(23-14-22-17)21(25)6-10-24(11-7-21)20(27)18-13-16(26)12-15(2)28-18/h12-14H,3-11H2,1-2H3,(H,22,23). The molecule has 1 N–H and O–H groups in total. The van der Waals surface area contributed by atoms with E-state index < -0.39 is 0 Å². The Balaban J connectivity index is 1.55. The molecule has 7 nitrogen and oxygen atoms in total. The van der Waals surface area contributed by atoms with Crippen LogP contribution in [0.1, 0.15) is 60.3 Å². The lowest BCUT2D eigenvalue weighted by molar-refractivity contribution is 0.00525. The molecule has 4 heterocycles. The van der Waals surface area contributed by atoms with Crippen molar-refractivity contribution in [3.05, 3.63) is 51.6 Å². The second-order valence-corrected chi connectivity index (χ2v) is 7.91. The van der Waals surface area contributed by atoms with E-state index in [0.29, 0.717) is 18.8 Å². The van der Waals surface area contributed by atoms with Crippen LogP contribution in [0.4, 0.5) is 0 Å². The average Bonchev–Trinajstić information content (AvgIpc) is 3.17. The summed E-state index contributed by atoms with van der Waals surface area (Å²) in [5, 5.41) is 0. The maximum atomic E-state index is 12.9. The topological polar surface area (TPSA) is 82.4 Å². The summed E-state index contributed by atoms with van der Waals surface area (Å²) in [5.41, 5.74) is 2.09. The lowest BCUT2D eigenvalue weighted by Crippen LogP contribution is -2.57. The number of likely N-dealkylation sites (tertiary alicyclic amines) is 1. The first kappa shape index (κ1) is 18.9. The van der Waals surface area contributed by atoms with Crippen molar-refractivity contribution >= 4 is 5.91 Å². The van der Waals surface area contributed by atoms with Gasteiger partial charge >= 0.3 is 0 Å². The summed E-state index contributed by atoms with van der Waals surface area (Å²) >= 11 is 0. The van der Waals surface area contributed by atoms with Crippen molar-refractivity contribution < 1.29 is 9.21 Å². The maximum absolute atomic E-state index is 12.9. The van der Waals surface area contributed by atoms with Crippen molar-refractivity contribution in [2.45, 2.75) is 51.5 Å².